The molecule has 0 radical (unpaired) electrons. The van der Waals surface area contributed by atoms with E-state index in [1.54, 1.807) is 48.5 Å². The van der Waals surface area contributed by atoms with Gasteiger partial charge in [0.1, 0.15) is 16.8 Å². The maximum atomic E-state index is 14.1. The summed E-state index contributed by atoms with van der Waals surface area (Å²) in [6, 6.07) is 19.3. The van der Waals surface area contributed by atoms with E-state index in [-0.39, 0.29) is 18.2 Å². The van der Waals surface area contributed by atoms with Gasteiger partial charge in [-0.3, -0.25) is 9.59 Å². The van der Waals surface area contributed by atoms with Crippen LogP contribution in [0.15, 0.2) is 83.8 Å². The molecular weight excluding hydrogens is 457 g/mol. The zero-order valence-electron chi connectivity index (χ0n) is 18.2. The van der Waals surface area contributed by atoms with Gasteiger partial charge in [-0.2, -0.15) is 4.72 Å². The van der Waals surface area contributed by atoms with Crippen molar-refractivity contribution >= 4 is 33.2 Å². The highest BCUT2D eigenvalue weighted by Crippen LogP contribution is 2.30. The van der Waals surface area contributed by atoms with Gasteiger partial charge in [0.15, 0.2) is 0 Å². The van der Waals surface area contributed by atoms with Gasteiger partial charge in [0.25, 0.3) is 0 Å². The molecule has 9 heteroatoms. The van der Waals surface area contributed by atoms with Crippen molar-refractivity contribution in [2.75, 3.05) is 10.6 Å². The first-order chi connectivity index (χ1) is 16.3. The normalized spacial score (nSPS) is 14.3. The maximum absolute atomic E-state index is 14.1. The van der Waals surface area contributed by atoms with Crippen molar-refractivity contribution in [3.63, 3.8) is 0 Å². The monoisotopic (exact) mass is 481 g/mol. The fourth-order valence-corrected chi connectivity index (χ4v) is 4.68. The van der Waals surface area contributed by atoms with Gasteiger partial charge in [0.05, 0.1) is 0 Å². The van der Waals surface area contributed by atoms with Crippen LogP contribution < -0.4 is 15.4 Å². The summed E-state index contributed by atoms with van der Waals surface area (Å²) in [5.41, 5.74) is 1.77. The number of benzene rings is 3. The number of sulfonamides is 1. The Balaban J connectivity index is 1.50. The first-order valence-corrected chi connectivity index (χ1v) is 12.3. The van der Waals surface area contributed by atoms with Gasteiger partial charge < -0.3 is 10.6 Å². The molecule has 0 unspecified atom stereocenters. The minimum atomic E-state index is -4.30. The average Bonchev–Trinajstić information content (AvgIpc) is 3.66. The van der Waals surface area contributed by atoms with E-state index in [0.29, 0.717) is 11.4 Å². The molecule has 1 fully saturated rings. The molecule has 2 amide bonds. The second-order valence-corrected chi connectivity index (χ2v) is 9.81. The lowest BCUT2D eigenvalue weighted by molar-refractivity contribution is -0.118. The van der Waals surface area contributed by atoms with E-state index in [1.165, 1.54) is 12.1 Å². The summed E-state index contributed by atoms with van der Waals surface area (Å²) in [7, 11) is -4.30. The molecule has 0 heterocycles. The van der Waals surface area contributed by atoms with Crippen LogP contribution in [-0.4, -0.2) is 26.3 Å². The molecule has 1 atom stereocenters. The number of anilines is 2. The van der Waals surface area contributed by atoms with Crippen LogP contribution in [0.2, 0.25) is 0 Å². The summed E-state index contributed by atoms with van der Waals surface area (Å²) in [5.74, 6) is -1.46. The number of halogens is 1. The van der Waals surface area contributed by atoms with Gasteiger partial charge in [0, 0.05) is 17.3 Å². The van der Waals surface area contributed by atoms with Crippen molar-refractivity contribution in [2.24, 2.45) is 5.92 Å². The topological polar surface area (TPSA) is 104 Å². The Morgan fingerprint density at radius 2 is 1.44 bits per heavy atom. The second kappa shape index (κ2) is 10.1. The number of hydrogen-bond donors (Lipinski definition) is 3. The molecule has 176 valence electrons. The lowest BCUT2D eigenvalue weighted by Crippen LogP contribution is -2.45. The summed E-state index contributed by atoms with van der Waals surface area (Å²) in [5, 5.41) is 5.51. The van der Waals surface area contributed by atoms with Crippen LogP contribution in [0.4, 0.5) is 15.8 Å². The third-order valence-corrected chi connectivity index (χ3v) is 6.90. The van der Waals surface area contributed by atoms with Gasteiger partial charge in [-0.25, -0.2) is 12.8 Å². The fraction of sp³-hybridized carbons (Fsp3) is 0.200. The molecule has 0 saturated heterocycles. The van der Waals surface area contributed by atoms with Crippen LogP contribution in [0.1, 0.15) is 18.4 Å². The molecule has 7 nitrogen and oxygen atoms in total. The van der Waals surface area contributed by atoms with Crippen LogP contribution in [0.3, 0.4) is 0 Å². The Labute approximate surface area is 197 Å². The molecule has 34 heavy (non-hydrogen) atoms. The largest absolute Gasteiger partial charge is 0.326 e. The second-order valence-electron chi connectivity index (χ2n) is 8.12. The molecule has 1 aliphatic carbocycles. The number of nitrogens with one attached hydrogen (secondary N) is 3. The highest BCUT2D eigenvalue weighted by Gasteiger charge is 2.30. The summed E-state index contributed by atoms with van der Waals surface area (Å²) in [4.78, 5) is 24.4. The van der Waals surface area contributed by atoms with E-state index in [9.17, 15) is 22.4 Å². The number of carbonyl (C=O) groups excluding carboxylic acids is 2. The molecule has 0 spiro atoms. The van der Waals surface area contributed by atoms with Gasteiger partial charge in [-0.05, 0) is 61.2 Å². The standard InChI is InChI=1S/C25H24FN3O4S/c26-21-8-4-5-9-23(21)34(32,33)29-22(16-17-6-2-1-3-7-17)25(31)28-20-14-12-19(13-15-20)27-24(30)18-10-11-18/h1-9,12-15,18,22,29H,10-11,16H2,(H,27,30)(H,28,31)/t22-/m0/s1. The van der Waals surface area contributed by atoms with Crippen LogP contribution >= 0.6 is 0 Å². The molecule has 0 aromatic heterocycles. The van der Waals surface area contributed by atoms with Gasteiger partial charge in [0.2, 0.25) is 21.8 Å². The van der Waals surface area contributed by atoms with E-state index >= 15 is 0 Å². The summed E-state index contributed by atoms with van der Waals surface area (Å²) < 4.78 is 42.2. The van der Waals surface area contributed by atoms with Crippen molar-refractivity contribution in [3.05, 3.63) is 90.2 Å². The predicted octanol–water partition coefficient (Wildman–Crippen LogP) is 3.70. The zero-order valence-corrected chi connectivity index (χ0v) is 19.0. The number of rotatable bonds is 9. The number of hydrogen-bond acceptors (Lipinski definition) is 4. The quantitative estimate of drug-likeness (QED) is 0.433. The van der Waals surface area contributed by atoms with Crippen LogP contribution in [0.5, 0.6) is 0 Å². The summed E-state index contributed by atoms with van der Waals surface area (Å²) >= 11 is 0. The lowest BCUT2D eigenvalue weighted by atomic mass is 10.1. The van der Waals surface area contributed by atoms with Crippen molar-refractivity contribution in [3.8, 4) is 0 Å². The highest BCUT2D eigenvalue weighted by atomic mass is 32.2. The Bertz CT molecular complexity index is 1280. The number of amides is 2. The lowest BCUT2D eigenvalue weighted by Gasteiger charge is -2.19. The third-order valence-electron chi connectivity index (χ3n) is 5.39. The van der Waals surface area contributed by atoms with Crippen molar-refractivity contribution in [1.82, 2.24) is 4.72 Å². The molecule has 3 aromatic rings. The van der Waals surface area contributed by atoms with E-state index in [4.69, 9.17) is 0 Å². The van der Waals surface area contributed by atoms with Crippen LogP contribution in [-0.2, 0) is 26.0 Å². The SMILES string of the molecule is O=C(Nc1ccc(NC(=O)[C@H](Cc2ccccc2)NS(=O)(=O)c2ccccc2F)cc1)C1CC1. The molecule has 4 rings (SSSR count). The number of carbonyl (C=O) groups is 2. The van der Waals surface area contributed by atoms with Crippen LogP contribution in [0.25, 0.3) is 0 Å². The Hall–Kier alpha value is -3.56. The van der Waals surface area contributed by atoms with E-state index in [1.807, 2.05) is 6.07 Å². The minimum Gasteiger partial charge on any atom is -0.326 e. The predicted molar refractivity (Wildman–Crippen MR) is 127 cm³/mol. The Kier molecular flexibility index (Phi) is 7.04. The molecular formula is C25H24FN3O4S. The molecule has 3 N–H and O–H groups in total. The van der Waals surface area contributed by atoms with Gasteiger partial charge >= 0.3 is 0 Å². The smallest absolute Gasteiger partial charge is 0.244 e. The minimum absolute atomic E-state index is 0.0257. The van der Waals surface area contributed by atoms with E-state index in [2.05, 4.69) is 15.4 Å². The van der Waals surface area contributed by atoms with Crippen molar-refractivity contribution in [1.29, 1.82) is 0 Å². The molecule has 3 aromatic carbocycles. The summed E-state index contributed by atoms with van der Waals surface area (Å²) in [6.07, 6.45) is 1.85. The molecule has 1 saturated carbocycles. The summed E-state index contributed by atoms with van der Waals surface area (Å²) in [6.45, 7) is 0. The van der Waals surface area contributed by atoms with Crippen LogP contribution in [0, 0.1) is 11.7 Å². The average molecular weight is 482 g/mol. The molecule has 1 aliphatic rings. The van der Waals surface area contributed by atoms with Crippen molar-refractivity contribution < 1.29 is 22.4 Å². The molecule has 0 aliphatic heterocycles. The highest BCUT2D eigenvalue weighted by molar-refractivity contribution is 7.89. The Morgan fingerprint density at radius 3 is 2.06 bits per heavy atom. The van der Waals surface area contributed by atoms with Gasteiger partial charge in [-0.15, -0.1) is 0 Å². The van der Waals surface area contributed by atoms with Gasteiger partial charge in [-0.1, -0.05) is 42.5 Å². The maximum Gasteiger partial charge on any atom is 0.244 e. The molecule has 0 bridgehead atoms. The van der Waals surface area contributed by atoms with Crippen molar-refractivity contribution in [2.45, 2.75) is 30.2 Å². The first kappa shape index (κ1) is 23.6. The van der Waals surface area contributed by atoms with E-state index < -0.39 is 32.7 Å². The Morgan fingerprint density at radius 1 is 0.853 bits per heavy atom. The third kappa shape index (κ3) is 6.06. The fourth-order valence-electron chi connectivity index (χ4n) is 3.41. The van der Waals surface area contributed by atoms with E-state index in [0.717, 1.165) is 30.5 Å². The zero-order chi connectivity index (χ0) is 24.1. The first-order valence-electron chi connectivity index (χ1n) is 10.8.